The molecule has 0 bridgehead atoms. The first-order chi connectivity index (χ1) is 13.5. The number of benzene rings is 1. The molecule has 1 aromatic heterocycles. The number of ether oxygens (including phenoxy) is 1. The van der Waals surface area contributed by atoms with E-state index in [9.17, 15) is 9.18 Å². The van der Waals surface area contributed by atoms with E-state index in [1.807, 2.05) is 13.8 Å². The third-order valence-corrected chi connectivity index (χ3v) is 5.52. The number of aryl methyl sites for hydroxylation is 1. The number of carbonyl (C=O) groups excluding carboxylic acids is 1. The van der Waals surface area contributed by atoms with Crippen LogP contribution in [0.25, 0.3) is 11.3 Å². The van der Waals surface area contributed by atoms with Gasteiger partial charge in [-0.25, -0.2) is 14.4 Å². The van der Waals surface area contributed by atoms with E-state index < -0.39 is 0 Å². The van der Waals surface area contributed by atoms with E-state index in [4.69, 9.17) is 4.74 Å². The van der Waals surface area contributed by atoms with Crippen LogP contribution in [-0.4, -0.2) is 34.6 Å². The summed E-state index contributed by atoms with van der Waals surface area (Å²) in [5.41, 5.74) is 1.55. The summed E-state index contributed by atoms with van der Waals surface area (Å²) < 4.78 is 20.0. The molecule has 0 saturated carbocycles. The van der Waals surface area contributed by atoms with E-state index in [1.54, 1.807) is 18.2 Å². The van der Waals surface area contributed by atoms with Gasteiger partial charge in [-0.2, -0.15) is 0 Å². The van der Waals surface area contributed by atoms with Crippen LogP contribution in [0.4, 0.5) is 4.39 Å². The summed E-state index contributed by atoms with van der Waals surface area (Å²) in [6.45, 7) is 4.98. The van der Waals surface area contributed by atoms with Crippen molar-refractivity contribution in [3.05, 3.63) is 41.6 Å². The van der Waals surface area contributed by atoms with Crippen molar-refractivity contribution in [2.24, 2.45) is 0 Å². The lowest BCUT2D eigenvalue weighted by atomic mass is 9.87. The zero-order valence-electron chi connectivity index (χ0n) is 16.6. The molecule has 2 aliphatic rings. The molecule has 1 aromatic carbocycles. The molecule has 2 aliphatic heterocycles. The van der Waals surface area contributed by atoms with Crippen LogP contribution in [0.15, 0.2) is 24.3 Å². The van der Waals surface area contributed by atoms with Crippen LogP contribution in [0.1, 0.15) is 50.2 Å². The van der Waals surface area contributed by atoms with Crippen molar-refractivity contribution in [2.45, 2.75) is 51.1 Å². The highest BCUT2D eigenvalue weighted by atomic mass is 35.5. The summed E-state index contributed by atoms with van der Waals surface area (Å²) in [4.78, 5) is 21.1. The van der Waals surface area contributed by atoms with E-state index in [0.717, 1.165) is 25.0 Å². The van der Waals surface area contributed by atoms with Gasteiger partial charge in [-0.1, -0.05) is 0 Å². The average molecular weight is 421 g/mol. The van der Waals surface area contributed by atoms with E-state index in [2.05, 4.69) is 20.6 Å². The second-order valence-electron chi connectivity index (χ2n) is 7.62. The number of aromatic nitrogens is 2. The van der Waals surface area contributed by atoms with Crippen molar-refractivity contribution in [1.82, 2.24) is 20.6 Å². The molecule has 29 heavy (non-hydrogen) atoms. The van der Waals surface area contributed by atoms with Gasteiger partial charge in [-0.15, -0.1) is 12.4 Å². The van der Waals surface area contributed by atoms with Gasteiger partial charge < -0.3 is 15.4 Å². The van der Waals surface area contributed by atoms with Gasteiger partial charge in [0.25, 0.3) is 0 Å². The summed E-state index contributed by atoms with van der Waals surface area (Å²) in [7, 11) is 0. The number of piperidine rings is 1. The molecule has 2 fully saturated rings. The molecule has 0 radical (unpaired) electrons. The first-order valence-electron chi connectivity index (χ1n) is 9.81. The third-order valence-electron chi connectivity index (χ3n) is 5.52. The van der Waals surface area contributed by atoms with E-state index in [-0.39, 0.29) is 35.7 Å². The normalized spacial score (nSPS) is 23.6. The van der Waals surface area contributed by atoms with Gasteiger partial charge in [0.1, 0.15) is 17.4 Å². The van der Waals surface area contributed by atoms with Gasteiger partial charge in [0, 0.05) is 29.8 Å². The lowest BCUT2D eigenvalue weighted by Crippen LogP contribution is -2.51. The van der Waals surface area contributed by atoms with Crippen LogP contribution in [0.3, 0.4) is 0 Å². The van der Waals surface area contributed by atoms with E-state index in [0.29, 0.717) is 42.4 Å². The highest BCUT2D eigenvalue weighted by molar-refractivity contribution is 5.85. The van der Waals surface area contributed by atoms with E-state index >= 15 is 0 Å². The molecule has 2 aromatic rings. The predicted octanol–water partition coefficient (Wildman–Crippen LogP) is 3.48. The number of hydrogen-bond donors (Lipinski definition) is 2. The van der Waals surface area contributed by atoms with Crippen LogP contribution in [-0.2, 0) is 4.79 Å². The van der Waals surface area contributed by atoms with Crippen LogP contribution >= 0.6 is 12.4 Å². The summed E-state index contributed by atoms with van der Waals surface area (Å²) in [6, 6.07) is 6.45. The zero-order valence-corrected chi connectivity index (χ0v) is 17.4. The fraction of sp³-hybridized carbons (Fsp3) is 0.476. The van der Waals surface area contributed by atoms with Crippen molar-refractivity contribution in [2.75, 3.05) is 13.2 Å². The number of nitrogens with one attached hydrogen (secondary N) is 2. The molecule has 156 valence electrons. The van der Waals surface area contributed by atoms with Crippen molar-refractivity contribution in [3.8, 4) is 17.0 Å². The fourth-order valence-corrected chi connectivity index (χ4v) is 4.21. The van der Waals surface area contributed by atoms with Crippen LogP contribution in [0, 0.1) is 12.7 Å². The zero-order chi connectivity index (χ0) is 19.7. The largest absolute Gasteiger partial charge is 0.494 e. The molecule has 8 heteroatoms. The maximum atomic E-state index is 14.5. The number of carbonyl (C=O) groups is 1. The number of hydrogen-bond acceptors (Lipinski definition) is 5. The quantitative estimate of drug-likeness (QED) is 0.791. The Kier molecular flexibility index (Phi) is 6.39. The molecule has 3 heterocycles. The minimum atomic E-state index is -0.340. The molecule has 2 saturated heterocycles. The molecular formula is C21H26ClFN4O2. The maximum absolute atomic E-state index is 14.5. The second kappa shape index (κ2) is 8.63. The van der Waals surface area contributed by atoms with Gasteiger partial charge in [0.15, 0.2) is 0 Å². The Bertz CT molecular complexity index is 910. The van der Waals surface area contributed by atoms with Gasteiger partial charge in [0.2, 0.25) is 5.91 Å². The Balaban J connectivity index is 0.00000240. The molecule has 0 aliphatic carbocycles. The van der Waals surface area contributed by atoms with Gasteiger partial charge in [0.05, 0.1) is 18.3 Å². The monoisotopic (exact) mass is 420 g/mol. The van der Waals surface area contributed by atoms with Crippen molar-refractivity contribution >= 4 is 18.3 Å². The lowest BCUT2D eigenvalue weighted by molar-refractivity contribution is -0.124. The topological polar surface area (TPSA) is 76.1 Å². The average Bonchev–Trinajstić information content (AvgIpc) is 3.06. The van der Waals surface area contributed by atoms with Gasteiger partial charge in [-0.05, 0) is 57.4 Å². The van der Waals surface area contributed by atoms with Gasteiger partial charge in [-0.3, -0.25) is 4.79 Å². The minimum Gasteiger partial charge on any atom is -0.494 e. The second-order valence-corrected chi connectivity index (χ2v) is 7.62. The Morgan fingerprint density at radius 2 is 2.10 bits per heavy atom. The summed E-state index contributed by atoms with van der Waals surface area (Å²) in [5, 5.41) is 6.49. The maximum Gasteiger partial charge on any atom is 0.221 e. The molecule has 2 N–H and O–H groups in total. The minimum absolute atomic E-state index is 0. The van der Waals surface area contributed by atoms with Crippen LogP contribution in [0.2, 0.25) is 0 Å². The SMILES string of the molecule is CCOc1ccc(F)c(-c2cc(C)nc([C@H]3CCC4(CCNC(=O)C4)N3)n2)c1.Cl. The first kappa shape index (κ1) is 21.5. The van der Waals surface area contributed by atoms with Crippen molar-refractivity contribution < 1.29 is 13.9 Å². The Hall–Kier alpha value is -2.25. The van der Waals surface area contributed by atoms with Crippen molar-refractivity contribution in [3.63, 3.8) is 0 Å². The summed E-state index contributed by atoms with van der Waals surface area (Å²) in [6.07, 6.45) is 3.15. The smallest absolute Gasteiger partial charge is 0.221 e. The van der Waals surface area contributed by atoms with Crippen molar-refractivity contribution in [1.29, 1.82) is 0 Å². The molecule has 4 rings (SSSR count). The number of halogens is 2. The Labute approximate surface area is 176 Å². The van der Waals surface area contributed by atoms with E-state index in [1.165, 1.54) is 6.07 Å². The summed E-state index contributed by atoms with van der Waals surface area (Å²) in [5.74, 6) is 1.01. The first-order valence-corrected chi connectivity index (χ1v) is 9.81. The third kappa shape index (κ3) is 4.51. The standard InChI is InChI=1S/C21H25FN4O2.ClH/c1-3-28-14-4-5-16(22)15(11-14)18-10-13(2)24-20(25-18)17-6-7-21(26-17)8-9-23-19(27)12-21;/h4-5,10-11,17,26H,3,6-9,12H2,1-2H3,(H,23,27);1H/t17-,21?;/m1./s1. The molecular weight excluding hydrogens is 395 g/mol. The highest BCUT2D eigenvalue weighted by Gasteiger charge is 2.43. The Morgan fingerprint density at radius 3 is 2.86 bits per heavy atom. The predicted molar refractivity (Wildman–Crippen MR) is 111 cm³/mol. The molecule has 2 atom stereocenters. The molecule has 1 spiro atoms. The van der Waals surface area contributed by atoms with Crippen LogP contribution < -0.4 is 15.4 Å². The molecule has 6 nitrogen and oxygen atoms in total. The number of rotatable bonds is 4. The van der Waals surface area contributed by atoms with Crippen LogP contribution in [0.5, 0.6) is 5.75 Å². The fourth-order valence-electron chi connectivity index (χ4n) is 4.21. The molecule has 1 unspecified atom stereocenters. The number of nitrogens with zero attached hydrogens (tertiary/aromatic N) is 2. The highest BCUT2D eigenvalue weighted by Crippen LogP contribution is 2.38. The van der Waals surface area contributed by atoms with Gasteiger partial charge >= 0.3 is 0 Å². The summed E-state index contributed by atoms with van der Waals surface area (Å²) >= 11 is 0. The number of amides is 1. The Morgan fingerprint density at radius 1 is 1.28 bits per heavy atom. The molecule has 1 amide bonds. The lowest BCUT2D eigenvalue weighted by Gasteiger charge is -2.34.